The Morgan fingerprint density at radius 3 is 1.49 bits per heavy atom. The number of halogens is 2. The first-order valence-electron chi connectivity index (χ1n) is 22.8. The van der Waals surface area contributed by atoms with Gasteiger partial charge < -0.3 is 14.2 Å². The summed E-state index contributed by atoms with van der Waals surface area (Å²) in [7, 11) is 0. The monoisotopic (exact) mass is 890 g/mol. The SMILES string of the molecule is CCCCc1ccc2oc3ccccc3c2c1N(c1cccc(Cl)c1)c1cc(N(c2cccc(Cl)c2)c2c(-c3ccccc3)cc(C(C)(C)C)cc2-c2ccccc2)cc(C(C)(C)C)c1. The molecule has 0 spiro atoms. The summed E-state index contributed by atoms with van der Waals surface area (Å²) < 4.78 is 6.64. The van der Waals surface area contributed by atoms with Gasteiger partial charge in [-0.1, -0.05) is 175 Å². The molecule has 1 heterocycles. The number of fused-ring (bicyclic) bond motifs is 3. The molecule has 9 aromatic rings. The smallest absolute Gasteiger partial charge is 0.137 e. The summed E-state index contributed by atoms with van der Waals surface area (Å²) in [6.45, 7) is 16.0. The van der Waals surface area contributed by atoms with Crippen molar-refractivity contribution in [2.45, 2.75) is 78.6 Å². The number of unbranched alkanes of at least 4 members (excludes halogenated alkanes) is 1. The van der Waals surface area contributed by atoms with Gasteiger partial charge in [0.15, 0.2) is 0 Å². The van der Waals surface area contributed by atoms with E-state index in [0.717, 1.165) is 97.6 Å². The lowest BCUT2D eigenvalue weighted by molar-refractivity contribution is 0.590. The van der Waals surface area contributed by atoms with Crippen LogP contribution in [0.2, 0.25) is 10.0 Å². The van der Waals surface area contributed by atoms with E-state index >= 15 is 0 Å². The van der Waals surface area contributed by atoms with Crippen LogP contribution in [0.5, 0.6) is 0 Å². The molecule has 0 fully saturated rings. The van der Waals surface area contributed by atoms with Gasteiger partial charge in [-0.3, -0.25) is 0 Å². The van der Waals surface area contributed by atoms with Crippen LogP contribution in [0, 0.1) is 0 Å². The maximum atomic E-state index is 7.02. The van der Waals surface area contributed by atoms with E-state index in [1.54, 1.807) is 0 Å². The number of nitrogens with zero attached hydrogens (tertiary/aromatic N) is 2. The van der Waals surface area contributed by atoms with E-state index in [0.29, 0.717) is 10.0 Å². The average Bonchev–Trinajstić information content (AvgIpc) is 3.68. The minimum Gasteiger partial charge on any atom is -0.456 e. The first-order chi connectivity index (χ1) is 31.3. The quantitative estimate of drug-likeness (QED) is 0.129. The maximum absolute atomic E-state index is 7.02. The number of anilines is 6. The number of furan rings is 1. The molecule has 0 saturated heterocycles. The van der Waals surface area contributed by atoms with Gasteiger partial charge in [-0.2, -0.15) is 0 Å². The minimum absolute atomic E-state index is 0.128. The van der Waals surface area contributed by atoms with Gasteiger partial charge >= 0.3 is 0 Å². The van der Waals surface area contributed by atoms with Crippen molar-refractivity contribution in [3.8, 4) is 22.3 Å². The van der Waals surface area contributed by atoms with Crippen molar-refractivity contribution >= 4 is 79.3 Å². The lowest BCUT2D eigenvalue weighted by Crippen LogP contribution is -2.20. The van der Waals surface area contributed by atoms with Crippen molar-refractivity contribution in [2.24, 2.45) is 0 Å². The Balaban J connectivity index is 1.44. The van der Waals surface area contributed by atoms with Gasteiger partial charge in [0.05, 0.1) is 16.8 Å². The zero-order valence-electron chi connectivity index (χ0n) is 38.4. The molecule has 0 aliphatic carbocycles. The number of hydrogen-bond acceptors (Lipinski definition) is 3. The lowest BCUT2D eigenvalue weighted by atomic mass is 9.81. The van der Waals surface area contributed by atoms with Crippen LogP contribution in [-0.4, -0.2) is 0 Å². The van der Waals surface area contributed by atoms with E-state index in [9.17, 15) is 0 Å². The predicted octanol–water partition coefficient (Wildman–Crippen LogP) is 19.1. The number of para-hydroxylation sites is 1. The Bertz CT molecular complexity index is 3080. The minimum atomic E-state index is -0.245. The van der Waals surface area contributed by atoms with Crippen LogP contribution in [0.4, 0.5) is 34.1 Å². The van der Waals surface area contributed by atoms with Gasteiger partial charge in [0.2, 0.25) is 0 Å². The highest BCUT2D eigenvalue weighted by atomic mass is 35.5. The van der Waals surface area contributed by atoms with Crippen LogP contribution < -0.4 is 9.80 Å². The van der Waals surface area contributed by atoms with Crippen molar-refractivity contribution in [3.63, 3.8) is 0 Å². The van der Waals surface area contributed by atoms with Crippen LogP contribution in [0.15, 0.2) is 180 Å². The number of aryl methyl sites for hydroxylation is 1. The molecule has 0 atom stereocenters. The summed E-state index contributed by atoms with van der Waals surface area (Å²) in [5.74, 6) is 0. The van der Waals surface area contributed by atoms with Gasteiger partial charge in [0.1, 0.15) is 11.2 Å². The largest absolute Gasteiger partial charge is 0.456 e. The highest BCUT2D eigenvalue weighted by Gasteiger charge is 2.30. The Labute approximate surface area is 394 Å². The molecular weight excluding hydrogens is 836 g/mol. The molecule has 326 valence electrons. The van der Waals surface area contributed by atoms with Crippen molar-refractivity contribution < 1.29 is 4.42 Å². The average molecular weight is 892 g/mol. The van der Waals surface area contributed by atoms with Gasteiger partial charge in [0.25, 0.3) is 0 Å². The summed E-state index contributed by atoms with van der Waals surface area (Å²) in [5, 5.41) is 3.49. The lowest BCUT2D eigenvalue weighted by Gasteiger charge is -2.35. The number of hydrogen-bond donors (Lipinski definition) is 0. The van der Waals surface area contributed by atoms with E-state index in [1.165, 1.54) is 16.7 Å². The fourth-order valence-electron chi connectivity index (χ4n) is 8.98. The molecule has 5 heteroatoms. The molecule has 0 aliphatic rings. The molecule has 0 amide bonds. The van der Waals surface area contributed by atoms with Gasteiger partial charge in [-0.05, 0) is 130 Å². The molecular formula is C60H56Cl2N2O. The first kappa shape index (κ1) is 44.0. The Kier molecular flexibility index (Phi) is 12.1. The Morgan fingerprint density at radius 2 is 0.969 bits per heavy atom. The first-order valence-corrected chi connectivity index (χ1v) is 23.5. The predicted molar refractivity (Wildman–Crippen MR) is 280 cm³/mol. The normalized spacial score (nSPS) is 12.0. The molecule has 0 radical (unpaired) electrons. The van der Waals surface area contributed by atoms with Crippen LogP contribution in [0.3, 0.4) is 0 Å². The molecule has 0 N–H and O–H groups in total. The molecule has 9 rings (SSSR count). The Morgan fingerprint density at radius 1 is 0.462 bits per heavy atom. The fraction of sp³-hybridized carbons (Fsp3) is 0.200. The van der Waals surface area contributed by atoms with E-state index in [2.05, 4.69) is 210 Å². The highest BCUT2D eigenvalue weighted by Crippen LogP contribution is 2.52. The summed E-state index contributed by atoms with van der Waals surface area (Å²) in [4.78, 5) is 4.86. The second kappa shape index (κ2) is 18.0. The number of benzene rings is 8. The molecule has 0 unspecified atom stereocenters. The summed E-state index contributed by atoms with van der Waals surface area (Å²) >= 11 is 14.0. The van der Waals surface area contributed by atoms with Crippen LogP contribution in [-0.2, 0) is 17.3 Å². The molecule has 65 heavy (non-hydrogen) atoms. The van der Waals surface area contributed by atoms with Crippen molar-refractivity contribution in [1.29, 1.82) is 0 Å². The third-order valence-electron chi connectivity index (χ3n) is 12.4. The van der Waals surface area contributed by atoms with Gasteiger partial charge in [0, 0.05) is 49.3 Å². The zero-order chi connectivity index (χ0) is 45.5. The van der Waals surface area contributed by atoms with Gasteiger partial charge in [-0.25, -0.2) is 0 Å². The third kappa shape index (κ3) is 8.93. The number of rotatable bonds is 11. The molecule has 0 saturated carbocycles. The van der Waals surface area contributed by atoms with E-state index in [-0.39, 0.29) is 10.8 Å². The second-order valence-corrected chi connectivity index (χ2v) is 20.0. The van der Waals surface area contributed by atoms with Gasteiger partial charge in [-0.15, -0.1) is 0 Å². The molecule has 1 aromatic heterocycles. The Hall–Kier alpha value is -6.26. The van der Waals surface area contributed by atoms with Crippen LogP contribution in [0.25, 0.3) is 44.2 Å². The highest BCUT2D eigenvalue weighted by molar-refractivity contribution is 6.31. The standard InChI is InChI=1S/C60H56Cl2N2O/c1-8-9-20-42-31-32-55-56(51-29-16-17-30-54(51)65-55)57(42)63(47-27-18-25-45(61)37-47)49-33-43(59(2,3)4)34-50(39-49)64(48-28-19-26-46(62)38-48)58-52(40-21-12-10-13-22-40)35-44(60(5,6)7)36-53(58)41-23-14-11-15-24-41/h10-19,21-39H,8-9,20H2,1-7H3. The van der Waals surface area contributed by atoms with E-state index < -0.39 is 0 Å². The summed E-state index contributed by atoms with van der Waals surface area (Å²) in [5.41, 5.74) is 15.6. The summed E-state index contributed by atoms with van der Waals surface area (Å²) in [6.07, 6.45) is 3.02. The fourth-order valence-corrected chi connectivity index (χ4v) is 9.35. The van der Waals surface area contributed by atoms with E-state index in [4.69, 9.17) is 27.6 Å². The topological polar surface area (TPSA) is 19.6 Å². The molecule has 3 nitrogen and oxygen atoms in total. The van der Waals surface area contributed by atoms with Crippen molar-refractivity contribution in [2.75, 3.05) is 9.80 Å². The van der Waals surface area contributed by atoms with E-state index in [1.807, 2.05) is 24.3 Å². The van der Waals surface area contributed by atoms with Crippen molar-refractivity contribution in [3.05, 3.63) is 203 Å². The van der Waals surface area contributed by atoms with Crippen LogP contribution >= 0.6 is 23.2 Å². The molecule has 0 aliphatic heterocycles. The molecule has 0 bridgehead atoms. The van der Waals surface area contributed by atoms with Crippen LogP contribution in [0.1, 0.15) is 78.0 Å². The third-order valence-corrected chi connectivity index (χ3v) is 12.9. The van der Waals surface area contributed by atoms with Crippen molar-refractivity contribution in [1.82, 2.24) is 0 Å². The molecule has 8 aromatic carbocycles. The maximum Gasteiger partial charge on any atom is 0.137 e. The summed E-state index contributed by atoms with van der Waals surface area (Å²) in [6, 6.07) is 62.8. The zero-order valence-corrected chi connectivity index (χ0v) is 39.9. The second-order valence-electron chi connectivity index (χ2n) is 19.2.